The van der Waals surface area contributed by atoms with Crippen molar-refractivity contribution >= 4 is 5.97 Å². The van der Waals surface area contributed by atoms with E-state index in [-0.39, 0.29) is 11.4 Å². The molecule has 1 aromatic heterocycles. The summed E-state index contributed by atoms with van der Waals surface area (Å²) in [5.74, 6) is -0.734. The predicted molar refractivity (Wildman–Crippen MR) is 84.2 cm³/mol. The zero-order valence-electron chi connectivity index (χ0n) is 13.0. The summed E-state index contributed by atoms with van der Waals surface area (Å²) >= 11 is 0. The minimum atomic E-state index is -0.420. The smallest absolute Gasteiger partial charge is 0.339 e. The van der Waals surface area contributed by atoms with Gasteiger partial charge in [0, 0.05) is 24.2 Å². The summed E-state index contributed by atoms with van der Waals surface area (Å²) in [6.45, 7) is 0.620. The van der Waals surface area contributed by atoms with Gasteiger partial charge in [-0.1, -0.05) is 12.1 Å². The van der Waals surface area contributed by atoms with Gasteiger partial charge in [-0.3, -0.25) is 4.79 Å². The van der Waals surface area contributed by atoms with Crippen molar-refractivity contribution in [3.05, 3.63) is 68.9 Å². The van der Waals surface area contributed by atoms with E-state index in [4.69, 9.17) is 4.74 Å². The van der Waals surface area contributed by atoms with Gasteiger partial charge in [0.2, 0.25) is 0 Å². The number of pyridine rings is 1. The van der Waals surface area contributed by atoms with Crippen LogP contribution in [-0.2, 0) is 24.1 Å². The number of esters is 1. The molecule has 5 heteroatoms. The Kier molecular flexibility index (Phi) is 4.28. The second kappa shape index (κ2) is 6.36. The van der Waals surface area contributed by atoms with E-state index in [1.807, 2.05) is 0 Å². The van der Waals surface area contributed by atoms with Crippen molar-refractivity contribution < 1.29 is 13.9 Å². The van der Waals surface area contributed by atoms with Crippen LogP contribution >= 0.6 is 0 Å². The fourth-order valence-electron chi connectivity index (χ4n) is 3.06. The maximum Gasteiger partial charge on any atom is 0.339 e. The Morgan fingerprint density at radius 2 is 2.00 bits per heavy atom. The molecule has 2 heterocycles. The summed E-state index contributed by atoms with van der Waals surface area (Å²) in [7, 11) is 1.34. The van der Waals surface area contributed by atoms with Crippen molar-refractivity contribution in [2.24, 2.45) is 0 Å². The number of hydrogen-bond donors (Lipinski definition) is 0. The van der Waals surface area contributed by atoms with Crippen LogP contribution in [0.15, 0.2) is 35.1 Å². The molecular formula is C18H18FNO3. The number of methoxy groups -OCH3 is 1. The van der Waals surface area contributed by atoms with Gasteiger partial charge in [-0.05, 0) is 43.0 Å². The van der Waals surface area contributed by atoms with Crippen molar-refractivity contribution in [2.45, 2.75) is 32.2 Å². The highest BCUT2D eigenvalue weighted by Gasteiger charge is 2.22. The van der Waals surface area contributed by atoms with E-state index >= 15 is 0 Å². The molecule has 0 aliphatic carbocycles. The number of hydrogen-bond acceptors (Lipinski definition) is 3. The first-order valence-corrected chi connectivity index (χ1v) is 7.68. The number of rotatable bonds is 3. The predicted octanol–water partition coefficient (Wildman–Crippen LogP) is 2.70. The highest BCUT2D eigenvalue weighted by Crippen LogP contribution is 2.20. The van der Waals surface area contributed by atoms with Gasteiger partial charge < -0.3 is 9.30 Å². The van der Waals surface area contributed by atoms with Gasteiger partial charge in [-0.2, -0.15) is 0 Å². The van der Waals surface area contributed by atoms with Gasteiger partial charge in [0.1, 0.15) is 5.82 Å². The standard InChI is InChI=1S/C18H18FNO3/c1-23-18(22)15-11-13(10-12-5-7-14(19)8-6-12)17(21)20-9-3-2-4-16(15)20/h5-8,11H,2-4,9-10H2,1H3. The number of benzene rings is 1. The second-order valence-corrected chi connectivity index (χ2v) is 5.74. The zero-order chi connectivity index (χ0) is 16.4. The van der Waals surface area contributed by atoms with E-state index in [9.17, 15) is 14.0 Å². The molecule has 0 spiro atoms. The first-order chi connectivity index (χ1) is 11.1. The lowest BCUT2D eigenvalue weighted by Crippen LogP contribution is -2.32. The van der Waals surface area contributed by atoms with Crippen molar-refractivity contribution in [3.8, 4) is 0 Å². The maximum atomic E-state index is 13.0. The third-order valence-corrected chi connectivity index (χ3v) is 4.23. The van der Waals surface area contributed by atoms with Gasteiger partial charge in [0.15, 0.2) is 0 Å². The van der Waals surface area contributed by atoms with Crippen molar-refractivity contribution in [1.29, 1.82) is 0 Å². The van der Waals surface area contributed by atoms with Crippen molar-refractivity contribution in [3.63, 3.8) is 0 Å². The molecule has 0 fully saturated rings. The molecule has 3 rings (SSSR count). The number of nitrogens with zero attached hydrogens (tertiary/aromatic N) is 1. The van der Waals surface area contributed by atoms with Gasteiger partial charge in [-0.25, -0.2) is 9.18 Å². The molecule has 0 N–H and O–H groups in total. The molecule has 4 nitrogen and oxygen atoms in total. The minimum Gasteiger partial charge on any atom is -0.465 e. The molecule has 0 bridgehead atoms. The van der Waals surface area contributed by atoms with Crippen LogP contribution in [0.4, 0.5) is 4.39 Å². The first kappa shape index (κ1) is 15.5. The van der Waals surface area contributed by atoms with Gasteiger partial charge in [0.25, 0.3) is 5.56 Å². The van der Waals surface area contributed by atoms with E-state index in [1.54, 1.807) is 22.8 Å². The van der Waals surface area contributed by atoms with Crippen LogP contribution in [0.2, 0.25) is 0 Å². The van der Waals surface area contributed by atoms with E-state index in [1.165, 1.54) is 19.2 Å². The third-order valence-electron chi connectivity index (χ3n) is 4.23. The summed E-state index contributed by atoms with van der Waals surface area (Å²) in [5.41, 5.74) is 2.51. The number of fused-ring (bicyclic) bond motifs is 1. The lowest BCUT2D eigenvalue weighted by Gasteiger charge is -2.22. The monoisotopic (exact) mass is 315 g/mol. The van der Waals surface area contributed by atoms with Crippen molar-refractivity contribution in [1.82, 2.24) is 4.57 Å². The van der Waals surface area contributed by atoms with Crippen LogP contribution in [0.1, 0.15) is 40.0 Å². The Morgan fingerprint density at radius 1 is 1.26 bits per heavy atom. The van der Waals surface area contributed by atoms with Crippen LogP contribution in [0.5, 0.6) is 0 Å². The van der Waals surface area contributed by atoms with E-state index in [0.717, 1.165) is 24.1 Å². The molecule has 0 radical (unpaired) electrons. The van der Waals surface area contributed by atoms with Gasteiger partial charge in [0.05, 0.1) is 12.7 Å². The van der Waals surface area contributed by atoms with E-state index < -0.39 is 5.97 Å². The summed E-state index contributed by atoms with van der Waals surface area (Å²) < 4.78 is 19.6. The van der Waals surface area contributed by atoms with Crippen LogP contribution in [0, 0.1) is 5.82 Å². The molecule has 0 atom stereocenters. The third kappa shape index (κ3) is 3.04. The molecule has 2 aromatic rings. The molecule has 0 unspecified atom stereocenters. The lowest BCUT2D eigenvalue weighted by atomic mass is 9.98. The molecule has 1 aliphatic rings. The zero-order valence-corrected chi connectivity index (χ0v) is 13.0. The highest BCUT2D eigenvalue weighted by molar-refractivity contribution is 5.90. The normalized spacial score (nSPS) is 13.5. The number of carbonyl (C=O) groups is 1. The topological polar surface area (TPSA) is 48.3 Å². The second-order valence-electron chi connectivity index (χ2n) is 5.74. The molecule has 0 saturated carbocycles. The van der Waals surface area contributed by atoms with Crippen LogP contribution in [-0.4, -0.2) is 17.6 Å². The fraction of sp³-hybridized carbons (Fsp3) is 0.333. The Balaban J connectivity index is 2.07. The first-order valence-electron chi connectivity index (χ1n) is 7.68. The van der Waals surface area contributed by atoms with Gasteiger partial charge >= 0.3 is 5.97 Å². The summed E-state index contributed by atoms with van der Waals surface area (Å²) in [6.07, 6.45) is 2.95. The Bertz CT molecular complexity index is 793. The Morgan fingerprint density at radius 3 is 2.70 bits per heavy atom. The van der Waals surface area contributed by atoms with Crippen molar-refractivity contribution in [2.75, 3.05) is 7.11 Å². The molecule has 120 valence electrons. The molecule has 1 aliphatic heterocycles. The summed E-state index contributed by atoms with van der Waals surface area (Å²) in [4.78, 5) is 24.7. The molecule has 23 heavy (non-hydrogen) atoms. The van der Waals surface area contributed by atoms with Crippen LogP contribution in [0.25, 0.3) is 0 Å². The average Bonchev–Trinajstić information content (AvgIpc) is 2.58. The quantitative estimate of drug-likeness (QED) is 0.818. The molecule has 0 amide bonds. The Labute approximate surface area is 133 Å². The number of halogens is 1. The van der Waals surface area contributed by atoms with Crippen LogP contribution < -0.4 is 5.56 Å². The van der Waals surface area contributed by atoms with Gasteiger partial charge in [-0.15, -0.1) is 0 Å². The van der Waals surface area contributed by atoms with Crippen LogP contribution in [0.3, 0.4) is 0 Å². The highest BCUT2D eigenvalue weighted by atomic mass is 19.1. The summed E-state index contributed by atoms with van der Waals surface area (Å²) in [5, 5.41) is 0. The fourth-order valence-corrected chi connectivity index (χ4v) is 3.06. The van der Waals surface area contributed by atoms with E-state index in [2.05, 4.69) is 0 Å². The summed E-state index contributed by atoms with van der Waals surface area (Å²) in [6, 6.07) is 7.67. The molecular weight excluding hydrogens is 297 g/mol. The number of aromatic nitrogens is 1. The minimum absolute atomic E-state index is 0.0725. The number of ether oxygens (including phenoxy) is 1. The number of carbonyl (C=O) groups excluding carboxylic acids is 1. The largest absolute Gasteiger partial charge is 0.465 e. The lowest BCUT2D eigenvalue weighted by molar-refractivity contribution is 0.0597. The van der Waals surface area contributed by atoms with E-state index in [0.29, 0.717) is 30.5 Å². The molecule has 0 saturated heterocycles. The molecule has 1 aromatic carbocycles. The maximum absolute atomic E-state index is 13.0. The average molecular weight is 315 g/mol. The Hall–Kier alpha value is -2.43. The SMILES string of the molecule is COC(=O)c1cc(Cc2ccc(F)cc2)c(=O)n2c1CCCC2.